The van der Waals surface area contributed by atoms with Crippen LogP contribution < -0.4 is 4.74 Å². The zero-order valence-corrected chi connectivity index (χ0v) is 13.7. The molecule has 2 heterocycles. The predicted octanol–water partition coefficient (Wildman–Crippen LogP) is 1.80. The van der Waals surface area contributed by atoms with Crippen LogP contribution in [-0.4, -0.2) is 55.3 Å². The van der Waals surface area contributed by atoms with E-state index in [-0.39, 0.29) is 25.7 Å². The van der Waals surface area contributed by atoms with E-state index in [2.05, 4.69) is 0 Å². The number of fused-ring (bicyclic) bond motifs is 1. The zero-order chi connectivity index (χ0) is 17.2. The summed E-state index contributed by atoms with van der Waals surface area (Å²) in [4.78, 5) is 26.1. The Kier molecular flexibility index (Phi) is 4.57. The summed E-state index contributed by atoms with van der Waals surface area (Å²) in [5.74, 6) is -0.320. The van der Waals surface area contributed by atoms with Crippen LogP contribution in [0.3, 0.4) is 0 Å². The topological polar surface area (TPSA) is 76.1 Å². The third-order valence-corrected chi connectivity index (χ3v) is 4.65. The van der Waals surface area contributed by atoms with E-state index in [0.717, 1.165) is 11.3 Å². The highest BCUT2D eigenvalue weighted by Gasteiger charge is 2.44. The van der Waals surface area contributed by atoms with Crippen LogP contribution in [0.25, 0.3) is 6.08 Å². The molecule has 24 heavy (non-hydrogen) atoms. The Morgan fingerprint density at radius 3 is 2.92 bits per heavy atom. The third-order valence-electron chi connectivity index (χ3n) is 4.65. The van der Waals surface area contributed by atoms with Gasteiger partial charge in [0.25, 0.3) is 5.91 Å². The summed E-state index contributed by atoms with van der Waals surface area (Å²) in [6.07, 6.45) is 2.99. The minimum Gasteiger partial charge on any atom is -0.488 e. The third kappa shape index (κ3) is 3.01. The van der Waals surface area contributed by atoms with Gasteiger partial charge in [0.1, 0.15) is 17.8 Å². The van der Waals surface area contributed by atoms with Gasteiger partial charge in [0.05, 0.1) is 12.2 Å². The fourth-order valence-electron chi connectivity index (χ4n) is 3.38. The lowest BCUT2D eigenvalue weighted by Crippen LogP contribution is -2.52. The molecule has 0 spiro atoms. The molecule has 0 aliphatic carbocycles. The average Bonchev–Trinajstić information content (AvgIpc) is 2.61. The first kappa shape index (κ1) is 16.5. The number of carboxylic acid groups (broad SMARTS) is 1. The number of carbonyl (C=O) groups excluding carboxylic acids is 1. The SMILES string of the molecule is COCC1(C(=O)O)CCCN(C(=O)C2=Cc3ccccc3OC2)C1. The van der Waals surface area contributed by atoms with Gasteiger partial charge in [-0.2, -0.15) is 0 Å². The Balaban J connectivity index is 1.80. The molecule has 0 radical (unpaired) electrons. The van der Waals surface area contributed by atoms with Crippen LogP contribution in [0.4, 0.5) is 0 Å². The van der Waals surface area contributed by atoms with E-state index in [0.29, 0.717) is 25.0 Å². The minimum atomic E-state index is -1.03. The molecule has 1 fully saturated rings. The average molecular weight is 331 g/mol. The summed E-state index contributed by atoms with van der Waals surface area (Å²) in [6, 6.07) is 7.53. The predicted molar refractivity (Wildman–Crippen MR) is 87.7 cm³/mol. The van der Waals surface area contributed by atoms with Gasteiger partial charge in [-0.3, -0.25) is 9.59 Å². The fraction of sp³-hybridized carbons (Fsp3) is 0.444. The van der Waals surface area contributed by atoms with Crippen LogP contribution in [0.2, 0.25) is 0 Å². The van der Waals surface area contributed by atoms with Crippen molar-refractivity contribution >= 4 is 18.0 Å². The first-order chi connectivity index (χ1) is 11.6. The number of hydrogen-bond acceptors (Lipinski definition) is 4. The second-order valence-corrected chi connectivity index (χ2v) is 6.34. The maximum absolute atomic E-state index is 12.8. The van der Waals surface area contributed by atoms with E-state index in [1.807, 2.05) is 30.3 Å². The molecule has 1 aromatic carbocycles. The first-order valence-electron chi connectivity index (χ1n) is 8.00. The molecule has 2 aliphatic heterocycles. The number of piperidine rings is 1. The van der Waals surface area contributed by atoms with Gasteiger partial charge in [-0.15, -0.1) is 0 Å². The van der Waals surface area contributed by atoms with Crippen LogP contribution in [-0.2, 0) is 14.3 Å². The van der Waals surface area contributed by atoms with Crippen molar-refractivity contribution in [2.24, 2.45) is 5.41 Å². The Hall–Kier alpha value is -2.34. The molecule has 0 bridgehead atoms. The van der Waals surface area contributed by atoms with E-state index in [1.54, 1.807) is 4.90 Å². The summed E-state index contributed by atoms with van der Waals surface area (Å²) in [6.45, 7) is 1.02. The molecule has 1 atom stereocenters. The molecular weight excluding hydrogens is 310 g/mol. The normalized spacial score (nSPS) is 23.0. The summed E-state index contributed by atoms with van der Waals surface area (Å²) in [5.41, 5.74) is 0.384. The number of ether oxygens (including phenoxy) is 2. The highest BCUT2D eigenvalue weighted by Crippen LogP contribution is 2.33. The number of likely N-dealkylation sites (tertiary alicyclic amines) is 1. The number of aliphatic carboxylic acids is 1. The van der Waals surface area contributed by atoms with Gasteiger partial charge in [0.2, 0.25) is 0 Å². The van der Waals surface area contributed by atoms with Crippen molar-refractivity contribution in [3.05, 3.63) is 35.4 Å². The lowest BCUT2D eigenvalue weighted by atomic mass is 9.80. The fourth-order valence-corrected chi connectivity index (χ4v) is 3.38. The lowest BCUT2D eigenvalue weighted by Gasteiger charge is -2.39. The molecule has 0 saturated carbocycles. The summed E-state index contributed by atoms with van der Waals surface area (Å²) in [5, 5.41) is 9.60. The molecule has 128 valence electrons. The largest absolute Gasteiger partial charge is 0.488 e. The lowest BCUT2D eigenvalue weighted by molar-refractivity contribution is -0.158. The number of carbonyl (C=O) groups is 2. The van der Waals surface area contributed by atoms with Crippen molar-refractivity contribution in [1.29, 1.82) is 0 Å². The van der Waals surface area contributed by atoms with Crippen LogP contribution in [0.1, 0.15) is 18.4 Å². The Bertz CT molecular complexity index is 680. The number of rotatable bonds is 4. The summed E-state index contributed by atoms with van der Waals surface area (Å²) < 4.78 is 10.7. The van der Waals surface area contributed by atoms with Crippen LogP contribution in [0, 0.1) is 5.41 Å². The smallest absolute Gasteiger partial charge is 0.313 e. The molecule has 1 unspecified atom stereocenters. The molecule has 1 saturated heterocycles. The Morgan fingerprint density at radius 1 is 1.38 bits per heavy atom. The van der Waals surface area contributed by atoms with Crippen molar-refractivity contribution in [2.45, 2.75) is 12.8 Å². The number of hydrogen-bond donors (Lipinski definition) is 1. The number of nitrogens with zero attached hydrogens (tertiary/aromatic N) is 1. The van der Waals surface area contributed by atoms with Crippen molar-refractivity contribution in [1.82, 2.24) is 4.90 Å². The number of benzene rings is 1. The number of carboxylic acids is 1. The molecule has 2 aliphatic rings. The highest BCUT2D eigenvalue weighted by atomic mass is 16.5. The van der Waals surface area contributed by atoms with Crippen molar-refractivity contribution in [3.63, 3.8) is 0 Å². The Labute approximate surface area is 140 Å². The van der Waals surface area contributed by atoms with E-state index >= 15 is 0 Å². The number of methoxy groups -OCH3 is 1. The molecule has 1 aromatic rings. The second kappa shape index (κ2) is 6.65. The van der Waals surface area contributed by atoms with Crippen molar-refractivity contribution in [2.75, 3.05) is 33.4 Å². The monoisotopic (exact) mass is 331 g/mol. The van der Waals surface area contributed by atoms with Gasteiger partial charge in [-0.05, 0) is 25.0 Å². The molecule has 1 N–H and O–H groups in total. The van der Waals surface area contributed by atoms with Gasteiger partial charge in [0.15, 0.2) is 0 Å². The van der Waals surface area contributed by atoms with Crippen molar-refractivity contribution in [3.8, 4) is 5.75 Å². The quantitative estimate of drug-likeness (QED) is 0.910. The molecule has 6 heteroatoms. The van der Waals surface area contributed by atoms with Crippen LogP contribution >= 0.6 is 0 Å². The maximum Gasteiger partial charge on any atom is 0.313 e. The van der Waals surface area contributed by atoms with Gasteiger partial charge < -0.3 is 19.5 Å². The maximum atomic E-state index is 12.8. The first-order valence-corrected chi connectivity index (χ1v) is 8.00. The molecule has 6 nitrogen and oxygen atoms in total. The molecule has 1 amide bonds. The van der Waals surface area contributed by atoms with Gasteiger partial charge in [-0.25, -0.2) is 0 Å². The summed E-state index contributed by atoms with van der Waals surface area (Å²) >= 11 is 0. The highest BCUT2D eigenvalue weighted by molar-refractivity contribution is 5.99. The van der Waals surface area contributed by atoms with Gasteiger partial charge in [-0.1, -0.05) is 18.2 Å². The zero-order valence-electron chi connectivity index (χ0n) is 13.7. The van der Waals surface area contributed by atoms with Gasteiger partial charge >= 0.3 is 5.97 Å². The summed E-state index contributed by atoms with van der Waals surface area (Å²) in [7, 11) is 1.49. The van der Waals surface area contributed by atoms with E-state index in [1.165, 1.54) is 7.11 Å². The standard InChI is InChI=1S/C18H21NO5/c1-23-12-18(17(21)22)7-4-8-19(11-18)16(20)14-9-13-5-2-3-6-15(13)24-10-14/h2-3,5-6,9H,4,7-8,10-12H2,1H3,(H,21,22). The number of para-hydroxylation sites is 1. The minimum absolute atomic E-state index is 0.102. The molecule has 3 rings (SSSR count). The molecular formula is C18H21NO5. The van der Waals surface area contributed by atoms with E-state index < -0.39 is 11.4 Å². The van der Waals surface area contributed by atoms with E-state index in [9.17, 15) is 14.7 Å². The van der Waals surface area contributed by atoms with Crippen molar-refractivity contribution < 1.29 is 24.2 Å². The molecule has 0 aromatic heterocycles. The van der Waals surface area contributed by atoms with Crippen LogP contribution in [0.15, 0.2) is 29.8 Å². The van der Waals surface area contributed by atoms with E-state index in [4.69, 9.17) is 9.47 Å². The Morgan fingerprint density at radius 2 is 2.17 bits per heavy atom. The number of amides is 1. The van der Waals surface area contributed by atoms with Gasteiger partial charge in [0, 0.05) is 25.8 Å². The second-order valence-electron chi connectivity index (χ2n) is 6.34. The van der Waals surface area contributed by atoms with Crippen LogP contribution in [0.5, 0.6) is 5.75 Å².